The van der Waals surface area contributed by atoms with E-state index in [1.54, 1.807) is 0 Å². The Morgan fingerprint density at radius 2 is 2.25 bits per heavy atom. The van der Waals surface area contributed by atoms with Crippen molar-refractivity contribution in [3.8, 4) is 0 Å². The van der Waals surface area contributed by atoms with Crippen LogP contribution in [0.25, 0.3) is 0 Å². The Bertz CT molecular complexity index is 492. The standard InChI is InChI=1S/C9H7ClFN3O2/c10-4-2-6-3(1-5(4)11)7(12)8(9(15)16)14-13-6/h1-2,7-8H,12H2,(H,15,16). The first-order valence-corrected chi connectivity index (χ1v) is 4.76. The third-order valence-corrected chi connectivity index (χ3v) is 2.60. The summed E-state index contributed by atoms with van der Waals surface area (Å²) < 4.78 is 13.2. The molecule has 1 aliphatic rings. The lowest BCUT2D eigenvalue weighted by atomic mass is 9.98. The maximum absolute atomic E-state index is 13.2. The molecule has 0 aromatic heterocycles. The van der Waals surface area contributed by atoms with Crippen LogP contribution in [0.5, 0.6) is 0 Å². The van der Waals surface area contributed by atoms with Gasteiger partial charge in [-0.05, 0) is 12.1 Å². The van der Waals surface area contributed by atoms with Crippen LogP contribution in [-0.4, -0.2) is 17.1 Å². The van der Waals surface area contributed by atoms with Crippen LogP contribution in [0.2, 0.25) is 5.02 Å². The SMILES string of the molecule is NC1c2cc(F)c(Cl)cc2N=NC1C(=O)O. The van der Waals surface area contributed by atoms with Crippen LogP contribution in [0.15, 0.2) is 22.4 Å². The van der Waals surface area contributed by atoms with Gasteiger partial charge >= 0.3 is 5.97 Å². The van der Waals surface area contributed by atoms with E-state index in [1.807, 2.05) is 0 Å². The van der Waals surface area contributed by atoms with Gasteiger partial charge in [-0.1, -0.05) is 11.6 Å². The van der Waals surface area contributed by atoms with Crippen LogP contribution >= 0.6 is 11.6 Å². The van der Waals surface area contributed by atoms with Gasteiger partial charge in [0.1, 0.15) is 5.82 Å². The smallest absolute Gasteiger partial charge is 0.332 e. The summed E-state index contributed by atoms with van der Waals surface area (Å²) in [4.78, 5) is 10.8. The molecule has 0 aliphatic carbocycles. The van der Waals surface area contributed by atoms with E-state index in [0.717, 1.165) is 6.07 Å². The van der Waals surface area contributed by atoms with E-state index in [0.29, 0.717) is 11.3 Å². The number of rotatable bonds is 1. The molecule has 2 rings (SSSR count). The van der Waals surface area contributed by atoms with E-state index in [4.69, 9.17) is 22.4 Å². The topological polar surface area (TPSA) is 88.0 Å². The highest BCUT2D eigenvalue weighted by atomic mass is 35.5. The maximum atomic E-state index is 13.2. The van der Waals surface area contributed by atoms with Crippen molar-refractivity contribution in [3.05, 3.63) is 28.5 Å². The molecule has 5 nitrogen and oxygen atoms in total. The van der Waals surface area contributed by atoms with E-state index in [9.17, 15) is 9.18 Å². The van der Waals surface area contributed by atoms with Crippen LogP contribution in [0.4, 0.5) is 10.1 Å². The Morgan fingerprint density at radius 1 is 1.56 bits per heavy atom. The molecule has 0 amide bonds. The van der Waals surface area contributed by atoms with Gasteiger partial charge < -0.3 is 10.8 Å². The summed E-state index contributed by atoms with van der Waals surface area (Å²) in [5, 5.41) is 15.9. The summed E-state index contributed by atoms with van der Waals surface area (Å²) in [7, 11) is 0. The lowest BCUT2D eigenvalue weighted by Gasteiger charge is -2.21. The second kappa shape index (κ2) is 3.80. The van der Waals surface area contributed by atoms with Gasteiger partial charge in [0.25, 0.3) is 0 Å². The van der Waals surface area contributed by atoms with E-state index in [-0.39, 0.29) is 5.02 Å². The van der Waals surface area contributed by atoms with Gasteiger partial charge in [0, 0.05) is 5.56 Å². The quantitative estimate of drug-likeness (QED) is 0.791. The molecule has 0 radical (unpaired) electrons. The monoisotopic (exact) mass is 243 g/mol. The second-order valence-electron chi connectivity index (χ2n) is 3.35. The number of nitrogens with two attached hydrogens (primary N) is 1. The number of carboxylic acid groups (broad SMARTS) is 1. The average Bonchev–Trinajstić information content (AvgIpc) is 2.21. The minimum atomic E-state index is -1.20. The molecule has 2 atom stereocenters. The van der Waals surface area contributed by atoms with Crippen molar-refractivity contribution >= 4 is 23.3 Å². The van der Waals surface area contributed by atoms with E-state index < -0.39 is 23.9 Å². The van der Waals surface area contributed by atoms with Crippen LogP contribution in [0, 0.1) is 5.82 Å². The average molecular weight is 244 g/mol. The number of hydrogen-bond acceptors (Lipinski definition) is 4. The number of benzene rings is 1. The first-order valence-electron chi connectivity index (χ1n) is 4.39. The normalized spacial score (nSPS) is 22.9. The highest BCUT2D eigenvalue weighted by molar-refractivity contribution is 6.31. The molecule has 2 unspecified atom stereocenters. The molecule has 7 heteroatoms. The minimum absolute atomic E-state index is 0.0984. The molecular formula is C9H7ClFN3O2. The van der Waals surface area contributed by atoms with E-state index in [2.05, 4.69) is 10.2 Å². The first kappa shape index (κ1) is 11.0. The minimum Gasteiger partial charge on any atom is -0.480 e. The van der Waals surface area contributed by atoms with Crippen molar-refractivity contribution in [2.45, 2.75) is 12.1 Å². The Balaban J connectivity index is 2.52. The molecular weight excluding hydrogens is 237 g/mol. The number of nitrogens with zero attached hydrogens (tertiary/aromatic N) is 2. The van der Waals surface area contributed by atoms with Crippen molar-refractivity contribution in [2.24, 2.45) is 16.0 Å². The molecule has 1 aromatic carbocycles. The lowest BCUT2D eigenvalue weighted by molar-refractivity contribution is -0.139. The predicted octanol–water partition coefficient (Wildman–Crippen LogP) is 2.03. The van der Waals surface area contributed by atoms with Crippen molar-refractivity contribution in [3.63, 3.8) is 0 Å². The summed E-state index contributed by atoms with van der Waals surface area (Å²) in [5.41, 5.74) is 6.26. The molecule has 16 heavy (non-hydrogen) atoms. The Hall–Kier alpha value is -1.53. The van der Waals surface area contributed by atoms with E-state index in [1.165, 1.54) is 6.07 Å². The summed E-state index contributed by atoms with van der Waals surface area (Å²) >= 11 is 5.56. The van der Waals surface area contributed by atoms with Gasteiger partial charge in [0.2, 0.25) is 0 Å². The number of aliphatic carboxylic acids is 1. The van der Waals surface area contributed by atoms with Crippen molar-refractivity contribution in [1.29, 1.82) is 0 Å². The lowest BCUT2D eigenvalue weighted by Crippen LogP contribution is -2.33. The van der Waals surface area contributed by atoms with Crippen LogP contribution in [0.3, 0.4) is 0 Å². The second-order valence-corrected chi connectivity index (χ2v) is 3.76. The van der Waals surface area contributed by atoms with Gasteiger partial charge in [-0.2, -0.15) is 10.2 Å². The van der Waals surface area contributed by atoms with Crippen LogP contribution in [-0.2, 0) is 4.79 Å². The molecule has 0 fully saturated rings. The van der Waals surface area contributed by atoms with Gasteiger partial charge in [-0.3, -0.25) is 0 Å². The molecule has 1 aromatic rings. The number of fused-ring (bicyclic) bond motifs is 1. The molecule has 84 valence electrons. The highest BCUT2D eigenvalue weighted by Crippen LogP contribution is 2.36. The molecule has 0 saturated carbocycles. The molecule has 0 spiro atoms. The molecule has 1 aliphatic heterocycles. The Labute approximate surface area is 94.7 Å². The van der Waals surface area contributed by atoms with Gasteiger partial charge in [0.05, 0.1) is 16.8 Å². The number of halogens is 2. The highest BCUT2D eigenvalue weighted by Gasteiger charge is 2.32. The summed E-state index contributed by atoms with van der Waals surface area (Å²) in [6, 6.07) is 0.259. The van der Waals surface area contributed by atoms with Gasteiger partial charge in [-0.15, -0.1) is 0 Å². The fourth-order valence-electron chi connectivity index (χ4n) is 1.47. The zero-order chi connectivity index (χ0) is 11.9. The number of azo groups is 1. The molecule has 0 saturated heterocycles. The fraction of sp³-hybridized carbons (Fsp3) is 0.222. The van der Waals surface area contributed by atoms with Gasteiger partial charge in [-0.25, -0.2) is 9.18 Å². The zero-order valence-electron chi connectivity index (χ0n) is 7.89. The predicted molar refractivity (Wildman–Crippen MR) is 54.3 cm³/mol. The summed E-state index contributed by atoms with van der Waals surface area (Å²) in [5.74, 6) is -1.85. The largest absolute Gasteiger partial charge is 0.480 e. The Kier molecular flexibility index (Phi) is 2.61. The van der Waals surface area contributed by atoms with Crippen molar-refractivity contribution in [2.75, 3.05) is 0 Å². The van der Waals surface area contributed by atoms with Crippen molar-refractivity contribution < 1.29 is 14.3 Å². The van der Waals surface area contributed by atoms with E-state index >= 15 is 0 Å². The third kappa shape index (κ3) is 1.66. The zero-order valence-corrected chi connectivity index (χ0v) is 8.65. The van der Waals surface area contributed by atoms with Crippen LogP contribution < -0.4 is 5.73 Å². The van der Waals surface area contributed by atoms with Crippen molar-refractivity contribution in [1.82, 2.24) is 0 Å². The van der Waals surface area contributed by atoms with Gasteiger partial charge in [0.15, 0.2) is 6.04 Å². The third-order valence-electron chi connectivity index (χ3n) is 2.31. The maximum Gasteiger partial charge on any atom is 0.332 e. The number of hydrogen-bond donors (Lipinski definition) is 2. The number of carboxylic acids is 1. The molecule has 3 N–H and O–H groups in total. The Morgan fingerprint density at radius 3 is 2.88 bits per heavy atom. The fourth-order valence-corrected chi connectivity index (χ4v) is 1.63. The molecule has 0 bridgehead atoms. The van der Waals surface area contributed by atoms with Crippen LogP contribution in [0.1, 0.15) is 11.6 Å². The molecule has 1 heterocycles. The first-order chi connectivity index (χ1) is 7.50. The summed E-state index contributed by atoms with van der Waals surface area (Å²) in [6.07, 6.45) is 0. The number of carbonyl (C=O) groups is 1. The summed E-state index contributed by atoms with van der Waals surface area (Å²) in [6.45, 7) is 0.